The van der Waals surface area contributed by atoms with Crippen LogP contribution in [-0.4, -0.2) is 43.7 Å². The van der Waals surface area contributed by atoms with Crippen molar-refractivity contribution in [3.63, 3.8) is 0 Å². The van der Waals surface area contributed by atoms with E-state index in [1.165, 1.54) is 24.7 Å². The Kier molecular flexibility index (Phi) is 8.45. The number of hydrogen-bond acceptors (Lipinski definition) is 7. The molecule has 0 fully saturated rings. The molecule has 0 radical (unpaired) electrons. The van der Waals surface area contributed by atoms with Crippen molar-refractivity contribution in [3.8, 4) is 11.6 Å². The van der Waals surface area contributed by atoms with Crippen molar-refractivity contribution in [2.75, 3.05) is 30.7 Å². The Morgan fingerprint density at radius 3 is 2.67 bits per heavy atom. The Morgan fingerprint density at radius 1 is 1.13 bits per heavy atom. The Hall–Kier alpha value is -2.36. The second-order valence-electron chi connectivity index (χ2n) is 6.28. The number of aromatic nitrogens is 2. The van der Waals surface area contributed by atoms with E-state index in [0.29, 0.717) is 34.0 Å². The summed E-state index contributed by atoms with van der Waals surface area (Å²) in [5, 5.41) is 3.79. The zero-order valence-corrected chi connectivity index (χ0v) is 18.4. The van der Waals surface area contributed by atoms with Crippen LogP contribution in [0, 0.1) is 5.82 Å². The van der Waals surface area contributed by atoms with Crippen LogP contribution < -0.4 is 14.8 Å². The first kappa shape index (κ1) is 23.9. The molecular weight excluding hydrogens is 456 g/mol. The van der Waals surface area contributed by atoms with Gasteiger partial charge in [0.15, 0.2) is 6.73 Å². The number of halogens is 3. The highest BCUT2D eigenvalue weighted by molar-refractivity contribution is 7.90. The van der Waals surface area contributed by atoms with Gasteiger partial charge in [-0.1, -0.05) is 11.6 Å². The van der Waals surface area contributed by atoms with Crippen LogP contribution in [0.2, 0.25) is 5.02 Å². The minimum atomic E-state index is -3.01. The molecule has 30 heavy (non-hydrogen) atoms. The molecule has 0 spiro atoms. The molecule has 11 heteroatoms. The molecule has 3 aromatic rings. The second-order valence-corrected chi connectivity index (χ2v) is 8.98. The third-order valence-corrected chi connectivity index (χ3v) is 5.17. The molecule has 0 unspecified atom stereocenters. The fraction of sp³-hybridized carbons (Fsp3) is 0.263. The molecule has 0 bridgehead atoms. The van der Waals surface area contributed by atoms with Crippen molar-refractivity contribution in [1.82, 2.24) is 9.97 Å². The van der Waals surface area contributed by atoms with Gasteiger partial charge in [-0.3, -0.25) is 0 Å². The Balaban J connectivity index is 0.00000320. The standard InChI is InChI=1S/C19H19ClFN3O4S.ClH/c1-29(25,26)8-2-7-27-14-4-5-15-18(10-14)22-11-23-19(15)28-12-24-17-6-3-13(20)9-16(17)21;/h3-6,9-11,24H,2,7-8,12H2,1H3;1H. The maximum atomic E-state index is 13.8. The number of rotatable bonds is 9. The summed E-state index contributed by atoms with van der Waals surface area (Å²) in [5.41, 5.74) is 0.867. The van der Waals surface area contributed by atoms with Crippen LogP contribution in [0.15, 0.2) is 42.7 Å². The van der Waals surface area contributed by atoms with Crippen molar-refractivity contribution < 1.29 is 22.3 Å². The van der Waals surface area contributed by atoms with Gasteiger partial charge in [0.2, 0.25) is 5.88 Å². The lowest BCUT2D eigenvalue weighted by Gasteiger charge is -2.11. The largest absolute Gasteiger partial charge is 0.493 e. The van der Waals surface area contributed by atoms with E-state index >= 15 is 0 Å². The molecule has 162 valence electrons. The molecule has 1 heterocycles. The van der Waals surface area contributed by atoms with Gasteiger partial charge in [0, 0.05) is 17.3 Å². The summed E-state index contributed by atoms with van der Waals surface area (Å²) in [4.78, 5) is 8.31. The summed E-state index contributed by atoms with van der Waals surface area (Å²) in [6.45, 7) is 0.276. The van der Waals surface area contributed by atoms with Crippen LogP contribution in [0.5, 0.6) is 11.6 Å². The Morgan fingerprint density at radius 2 is 1.93 bits per heavy atom. The lowest BCUT2D eigenvalue weighted by atomic mass is 10.2. The van der Waals surface area contributed by atoms with Crippen LogP contribution in [0.3, 0.4) is 0 Å². The Bertz CT molecular complexity index is 1120. The predicted molar refractivity (Wildman–Crippen MR) is 117 cm³/mol. The second kappa shape index (κ2) is 10.6. The fourth-order valence-corrected chi connectivity index (χ4v) is 3.34. The van der Waals surface area contributed by atoms with Gasteiger partial charge in [0.1, 0.15) is 27.7 Å². The average molecular weight is 476 g/mol. The third-order valence-electron chi connectivity index (χ3n) is 3.90. The number of ether oxygens (including phenoxy) is 2. The van der Waals surface area contributed by atoms with Gasteiger partial charge in [-0.25, -0.2) is 22.8 Å². The molecule has 7 nitrogen and oxygen atoms in total. The van der Waals surface area contributed by atoms with Crippen LogP contribution in [-0.2, 0) is 9.84 Å². The molecule has 1 aromatic heterocycles. The van der Waals surface area contributed by atoms with Gasteiger partial charge < -0.3 is 14.8 Å². The van der Waals surface area contributed by atoms with E-state index in [4.69, 9.17) is 21.1 Å². The number of nitrogens with one attached hydrogen (secondary N) is 1. The summed E-state index contributed by atoms with van der Waals surface area (Å²) in [6.07, 6.45) is 2.95. The molecule has 0 aliphatic heterocycles. The normalized spacial score (nSPS) is 11.0. The first-order valence-electron chi connectivity index (χ1n) is 8.69. The quantitative estimate of drug-likeness (QED) is 0.367. The molecule has 0 aliphatic carbocycles. The van der Waals surface area contributed by atoms with E-state index in [1.807, 2.05) is 0 Å². The predicted octanol–water partition coefficient (Wildman–Crippen LogP) is 4.11. The highest BCUT2D eigenvalue weighted by atomic mass is 35.5. The number of anilines is 1. The molecule has 3 rings (SSSR count). The number of sulfone groups is 1. The molecular formula is C19H20Cl2FN3O4S. The van der Waals surface area contributed by atoms with E-state index in [9.17, 15) is 12.8 Å². The van der Waals surface area contributed by atoms with E-state index in [0.717, 1.165) is 0 Å². The molecule has 1 N–H and O–H groups in total. The highest BCUT2D eigenvalue weighted by Crippen LogP contribution is 2.26. The SMILES string of the molecule is CS(=O)(=O)CCCOc1ccc2c(OCNc3ccc(Cl)cc3F)ncnc2c1.Cl. The van der Waals surface area contributed by atoms with Gasteiger partial charge in [-0.05, 0) is 36.8 Å². The first-order chi connectivity index (χ1) is 13.8. The van der Waals surface area contributed by atoms with Gasteiger partial charge in [0.25, 0.3) is 0 Å². The minimum Gasteiger partial charge on any atom is -0.493 e. The lowest BCUT2D eigenvalue weighted by molar-refractivity contribution is 0.318. The highest BCUT2D eigenvalue weighted by Gasteiger charge is 2.08. The molecule has 0 aliphatic rings. The van der Waals surface area contributed by atoms with Crippen LogP contribution in [0.4, 0.5) is 10.1 Å². The van der Waals surface area contributed by atoms with Crippen LogP contribution in [0.1, 0.15) is 6.42 Å². The number of nitrogens with zero attached hydrogens (tertiary/aromatic N) is 2. The average Bonchev–Trinajstić information content (AvgIpc) is 2.66. The molecule has 0 saturated carbocycles. The van der Waals surface area contributed by atoms with E-state index < -0.39 is 15.7 Å². The maximum Gasteiger partial charge on any atom is 0.226 e. The minimum absolute atomic E-state index is 0. The maximum absolute atomic E-state index is 13.8. The number of fused-ring (bicyclic) bond motifs is 1. The molecule has 2 aromatic carbocycles. The van der Waals surface area contributed by atoms with Crippen molar-refractivity contribution in [2.45, 2.75) is 6.42 Å². The van der Waals surface area contributed by atoms with Crippen LogP contribution in [0.25, 0.3) is 10.9 Å². The summed E-state index contributed by atoms with van der Waals surface area (Å²) >= 11 is 5.73. The van der Waals surface area contributed by atoms with Gasteiger partial charge >= 0.3 is 0 Å². The monoisotopic (exact) mass is 475 g/mol. The number of hydrogen-bond donors (Lipinski definition) is 1. The van der Waals surface area contributed by atoms with Crippen molar-refractivity contribution in [1.29, 1.82) is 0 Å². The van der Waals surface area contributed by atoms with Gasteiger partial charge in [-0.2, -0.15) is 0 Å². The zero-order chi connectivity index (χ0) is 20.9. The van der Waals surface area contributed by atoms with Crippen molar-refractivity contribution in [2.24, 2.45) is 0 Å². The summed E-state index contributed by atoms with van der Waals surface area (Å²) < 4.78 is 47.3. The third kappa shape index (κ3) is 6.86. The molecule has 0 amide bonds. The van der Waals surface area contributed by atoms with Crippen molar-refractivity contribution >= 4 is 50.4 Å². The first-order valence-corrected chi connectivity index (χ1v) is 11.1. The summed E-state index contributed by atoms with van der Waals surface area (Å²) in [6, 6.07) is 9.50. The van der Waals surface area contributed by atoms with E-state index in [1.54, 1.807) is 24.3 Å². The van der Waals surface area contributed by atoms with E-state index in [2.05, 4.69) is 15.3 Å². The van der Waals surface area contributed by atoms with Crippen molar-refractivity contribution in [3.05, 3.63) is 53.6 Å². The smallest absolute Gasteiger partial charge is 0.226 e. The van der Waals surface area contributed by atoms with Crippen LogP contribution >= 0.6 is 24.0 Å². The Labute approximate surface area is 184 Å². The summed E-state index contributed by atoms with van der Waals surface area (Å²) in [7, 11) is -3.01. The molecule has 0 atom stereocenters. The number of benzene rings is 2. The fourth-order valence-electron chi connectivity index (χ4n) is 2.54. The topological polar surface area (TPSA) is 90.4 Å². The molecule has 0 saturated heterocycles. The van der Waals surface area contributed by atoms with E-state index in [-0.39, 0.29) is 37.2 Å². The summed E-state index contributed by atoms with van der Waals surface area (Å²) in [5.74, 6) is 0.492. The lowest BCUT2D eigenvalue weighted by Crippen LogP contribution is -2.11. The van der Waals surface area contributed by atoms with Gasteiger partial charge in [0.05, 0.1) is 29.0 Å². The zero-order valence-electron chi connectivity index (χ0n) is 16.0. The van der Waals surface area contributed by atoms with Gasteiger partial charge in [-0.15, -0.1) is 12.4 Å².